The van der Waals surface area contributed by atoms with Gasteiger partial charge >= 0.3 is 0 Å². The van der Waals surface area contributed by atoms with Gasteiger partial charge in [-0.15, -0.1) is 0 Å². The Kier molecular flexibility index (Phi) is 10.9. The summed E-state index contributed by atoms with van der Waals surface area (Å²) in [5, 5.41) is 11.1. The molecule has 37 heavy (non-hydrogen) atoms. The zero-order valence-corrected chi connectivity index (χ0v) is 22.9. The number of benzene rings is 1. The number of hydrogen-bond donors (Lipinski definition) is 1. The highest BCUT2D eigenvalue weighted by molar-refractivity contribution is 6.27. The average molecular weight is 510 g/mol. The number of aliphatic hydroxyl groups is 1. The molecule has 202 valence electrons. The van der Waals surface area contributed by atoms with Crippen molar-refractivity contribution in [3.05, 3.63) is 47.7 Å². The van der Waals surface area contributed by atoms with Gasteiger partial charge in [-0.2, -0.15) is 0 Å². The van der Waals surface area contributed by atoms with Gasteiger partial charge in [-0.3, -0.25) is 19.5 Å². The molecule has 1 atom stereocenters. The number of allylic oxidation sites excluding steroid dienone is 1. The van der Waals surface area contributed by atoms with Crippen LogP contribution >= 0.6 is 0 Å². The van der Waals surface area contributed by atoms with Gasteiger partial charge in [0, 0.05) is 18.8 Å². The molecule has 2 aliphatic rings. The quantitative estimate of drug-likeness (QED) is 0.208. The largest absolute Gasteiger partial charge is 0.509 e. The second kappa shape index (κ2) is 14.1. The van der Waals surface area contributed by atoms with E-state index < -0.39 is 11.9 Å². The van der Waals surface area contributed by atoms with Crippen LogP contribution in [0.25, 0.3) is 0 Å². The number of nitrogens with zero attached hydrogens (tertiary/aromatic N) is 3. The standard InChI is InChI=1S/C30H43N3O4/c1-5-6-7-8-9-10-11-12-27(34)33-26(21-22(2)3)29(35)28(30(33)36)23(4)31-24-13-15-25(16-14-24)32-17-19-37-20-18-32/h11-16,22,26,35H,5-10,17-21H2,1-4H3/b12-11+,31-23?. The van der Waals surface area contributed by atoms with E-state index in [0.29, 0.717) is 17.8 Å². The van der Waals surface area contributed by atoms with E-state index in [-0.39, 0.29) is 23.2 Å². The molecule has 1 aromatic rings. The van der Waals surface area contributed by atoms with Crippen molar-refractivity contribution in [3.63, 3.8) is 0 Å². The van der Waals surface area contributed by atoms with Crippen LogP contribution in [0.1, 0.15) is 72.6 Å². The van der Waals surface area contributed by atoms with Gasteiger partial charge in [0.25, 0.3) is 11.8 Å². The number of unbranched alkanes of at least 4 members (excludes halogenated alkanes) is 5. The molecule has 1 aromatic carbocycles. The molecular formula is C30H43N3O4. The van der Waals surface area contributed by atoms with E-state index >= 15 is 0 Å². The number of rotatable bonds is 12. The number of anilines is 1. The zero-order valence-electron chi connectivity index (χ0n) is 22.9. The maximum Gasteiger partial charge on any atom is 0.266 e. The van der Waals surface area contributed by atoms with Crippen molar-refractivity contribution >= 4 is 28.9 Å². The van der Waals surface area contributed by atoms with Crippen LogP contribution in [-0.4, -0.2) is 59.9 Å². The molecule has 0 radical (unpaired) electrons. The van der Waals surface area contributed by atoms with E-state index in [1.54, 1.807) is 6.92 Å². The van der Waals surface area contributed by atoms with E-state index in [0.717, 1.165) is 51.3 Å². The molecule has 3 rings (SSSR count). The Morgan fingerprint density at radius 3 is 2.46 bits per heavy atom. The summed E-state index contributed by atoms with van der Waals surface area (Å²) in [5.74, 6) is -0.728. The van der Waals surface area contributed by atoms with Gasteiger partial charge < -0.3 is 14.7 Å². The molecule has 0 spiro atoms. The summed E-state index contributed by atoms with van der Waals surface area (Å²) in [7, 11) is 0. The van der Waals surface area contributed by atoms with Crippen molar-refractivity contribution in [3.8, 4) is 0 Å². The molecule has 2 amide bonds. The smallest absolute Gasteiger partial charge is 0.266 e. The molecule has 0 aromatic heterocycles. The Labute approximate surface area is 221 Å². The molecule has 2 heterocycles. The zero-order chi connectivity index (χ0) is 26.8. The number of carbonyl (C=O) groups is 2. The number of imide groups is 1. The summed E-state index contributed by atoms with van der Waals surface area (Å²) in [4.78, 5) is 34.6. The number of aliphatic hydroxyl groups excluding tert-OH is 1. The Morgan fingerprint density at radius 1 is 1.14 bits per heavy atom. The summed E-state index contributed by atoms with van der Waals surface area (Å²) in [6.45, 7) is 11.1. The summed E-state index contributed by atoms with van der Waals surface area (Å²) < 4.78 is 5.42. The third-order valence-electron chi connectivity index (χ3n) is 6.87. The second-order valence-electron chi connectivity index (χ2n) is 10.3. The topological polar surface area (TPSA) is 82.4 Å². The van der Waals surface area contributed by atoms with E-state index in [4.69, 9.17) is 4.74 Å². The number of aliphatic imine (C=N–C) groups is 1. The summed E-state index contributed by atoms with van der Waals surface area (Å²) in [6.07, 6.45) is 10.4. The van der Waals surface area contributed by atoms with Gasteiger partial charge in [-0.1, -0.05) is 52.5 Å². The lowest BCUT2D eigenvalue weighted by molar-refractivity contribution is -0.140. The van der Waals surface area contributed by atoms with Crippen LogP contribution in [0, 0.1) is 5.92 Å². The first-order valence-corrected chi connectivity index (χ1v) is 13.8. The second-order valence-corrected chi connectivity index (χ2v) is 10.3. The predicted molar refractivity (Wildman–Crippen MR) is 150 cm³/mol. The van der Waals surface area contributed by atoms with Gasteiger partial charge in [0.05, 0.1) is 30.7 Å². The lowest BCUT2D eigenvalue weighted by Gasteiger charge is -2.28. The number of ether oxygens (including phenoxy) is 1. The van der Waals surface area contributed by atoms with Crippen molar-refractivity contribution in [2.75, 3.05) is 31.2 Å². The molecule has 1 unspecified atom stereocenters. The van der Waals surface area contributed by atoms with Crippen LogP contribution in [0.4, 0.5) is 11.4 Å². The minimum Gasteiger partial charge on any atom is -0.509 e. The van der Waals surface area contributed by atoms with Gasteiger partial charge in [-0.05, 0) is 62.4 Å². The van der Waals surface area contributed by atoms with E-state index in [9.17, 15) is 14.7 Å². The fraction of sp³-hybridized carbons (Fsp3) is 0.567. The maximum absolute atomic E-state index is 13.4. The van der Waals surface area contributed by atoms with Crippen LogP contribution in [0.5, 0.6) is 0 Å². The highest BCUT2D eigenvalue weighted by Gasteiger charge is 2.43. The monoisotopic (exact) mass is 509 g/mol. The third kappa shape index (κ3) is 7.78. The van der Waals surface area contributed by atoms with Crippen molar-refractivity contribution < 1.29 is 19.4 Å². The van der Waals surface area contributed by atoms with Crippen molar-refractivity contribution in [1.82, 2.24) is 4.90 Å². The Morgan fingerprint density at radius 2 is 1.81 bits per heavy atom. The Bertz CT molecular complexity index is 1000. The first-order chi connectivity index (χ1) is 17.8. The van der Waals surface area contributed by atoms with Crippen LogP contribution < -0.4 is 4.90 Å². The molecular weight excluding hydrogens is 466 g/mol. The molecule has 0 saturated carbocycles. The van der Waals surface area contributed by atoms with Gasteiger partial charge in [0.2, 0.25) is 0 Å². The van der Waals surface area contributed by atoms with Crippen LogP contribution in [0.3, 0.4) is 0 Å². The first kappa shape index (κ1) is 28.6. The van der Waals surface area contributed by atoms with Gasteiger partial charge in [-0.25, -0.2) is 0 Å². The van der Waals surface area contributed by atoms with E-state index in [1.807, 2.05) is 44.2 Å². The summed E-state index contributed by atoms with van der Waals surface area (Å²) in [5.41, 5.74) is 2.33. The highest BCUT2D eigenvalue weighted by atomic mass is 16.5. The fourth-order valence-electron chi connectivity index (χ4n) is 4.86. The van der Waals surface area contributed by atoms with Crippen LogP contribution in [0.15, 0.2) is 52.7 Å². The predicted octanol–water partition coefficient (Wildman–Crippen LogP) is 6.13. The molecule has 7 heteroatoms. The van der Waals surface area contributed by atoms with Gasteiger partial charge in [0.1, 0.15) is 11.3 Å². The molecule has 2 aliphatic heterocycles. The van der Waals surface area contributed by atoms with E-state index in [1.165, 1.54) is 30.2 Å². The fourth-order valence-corrected chi connectivity index (χ4v) is 4.86. The van der Waals surface area contributed by atoms with Crippen molar-refractivity contribution in [2.24, 2.45) is 10.9 Å². The molecule has 1 saturated heterocycles. The molecule has 1 N–H and O–H groups in total. The lowest BCUT2D eigenvalue weighted by atomic mass is 10.0. The minimum atomic E-state index is -0.668. The number of carbonyl (C=O) groups excluding carboxylic acids is 2. The van der Waals surface area contributed by atoms with Crippen LogP contribution in [-0.2, 0) is 14.3 Å². The Balaban J connectivity index is 1.73. The number of amides is 2. The molecule has 7 nitrogen and oxygen atoms in total. The van der Waals surface area contributed by atoms with Crippen LogP contribution in [0.2, 0.25) is 0 Å². The molecule has 0 aliphatic carbocycles. The molecule has 0 bridgehead atoms. The number of morpholine rings is 1. The minimum absolute atomic E-state index is 0.0637. The highest BCUT2D eigenvalue weighted by Crippen LogP contribution is 2.31. The SMILES string of the molecule is CCCCCCC/C=C/C(=O)N1C(=O)C(C(C)=Nc2ccc(N3CCOCC3)cc2)=C(O)C1CC(C)C. The van der Waals surface area contributed by atoms with Crippen molar-refractivity contribution in [2.45, 2.75) is 78.7 Å². The average Bonchev–Trinajstić information content (AvgIpc) is 3.12. The third-order valence-corrected chi connectivity index (χ3v) is 6.87. The first-order valence-electron chi connectivity index (χ1n) is 13.8. The van der Waals surface area contributed by atoms with E-state index in [2.05, 4.69) is 16.8 Å². The summed E-state index contributed by atoms with van der Waals surface area (Å²) in [6, 6.07) is 7.16. The number of hydrogen-bond acceptors (Lipinski definition) is 6. The van der Waals surface area contributed by atoms with Crippen molar-refractivity contribution in [1.29, 1.82) is 0 Å². The van der Waals surface area contributed by atoms with Gasteiger partial charge in [0.15, 0.2) is 0 Å². The maximum atomic E-state index is 13.4. The molecule has 1 fully saturated rings. The Hall–Kier alpha value is -2.93. The lowest BCUT2D eigenvalue weighted by Crippen LogP contribution is -2.41. The summed E-state index contributed by atoms with van der Waals surface area (Å²) >= 11 is 0. The normalized spacial score (nSPS) is 19.1.